The number of carbonyl (C=O) groups excluding carboxylic acids is 2. The van der Waals surface area contributed by atoms with Crippen LogP contribution in [0.5, 0.6) is 0 Å². The van der Waals surface area contributed by atoms with E-state index < -0.39 is 11.9 Å². The number of benzene rings is 2. The van der Waals surface area contributed by atoms with E-state index in [9.17, 15) is 9.59 Å². The standard InChI is InChI=1S/C17H14O3/c1-3-16(18)20-17(19)15-10-9-14(11-12(15)2)13-7-5-4-6-8-13/h3-11H,1H2,2H3. The Morgan fingerprint density at radius 2 is 1.75 bits per heavy atom. The summed E-state index contributed by atoms with van der Waals surface area (Å²) in [6.45, 7) is 5.06. The molecule has 0 aliphatic rings. The van der Waals surface area contributed by atoms with Gasteiger partial charge in [-0.3, -0.25) is 0 Å². The zero-order chi connectivity index (χ0) is 14.5. The highest BCUT2D eigenvalue weighted by Crippen LogP contribution is 2.22. The Bertz CT molecular complexity index is 657. The number of aryl methyl sites for hydroxylation is 1. The predicted molar refractivity (Wildman–Crippen MR) is 77.2 cm³/mol. The zero-order valence-corrected chi connectivity index (χ0v) is 11.1. The van der Waals surface area contributed by atoms with Gasteiger partial charge < -0.3 is 4.74 Å². The molecule has 3 heteroatoms. The van der Waals surface area contributed by atoms with E-state index in [2.05, 4.69) is 11.3 Å². The van der Waals surface area contributed by atoms with Gasteiger partial charge in [0.2, 0.25) is 0 Å². The Kier molecular flexibility index (Phi) is 4.11. The molecule has 0 heterocycles. The molecule has 0 N–H and O–H groups in total. The molecule has 0 fully saturated rings. The molecule has 3 nitrogen and oxygen atoms in total. The summed E-state index contributed by atoms with van der Waals surface area (Å²) in [5, 5.41) is 0. The van der Waals surface area contributed by atoms with Crippen LogP contribution < -0.4 is 0 Å². The summed E-state index contributed by atoms with van der Waals surface area (Å²) < 4.78 is 4.62. The second-order valence-corrected chi connectivity index (χ2v) is 4.31. The molecule has 0 aromatic heterocycles. The van der Waals surface area contributed by atoms with Crippen LogP contribution in [0.15, 0.2) is 61.2 Å². The summed E-state index contributed by atoms with van der Waals surface area (Å²) in [6, 6.07) is 15.2. The molecule has 0 bridgehead atoms. The number of esters is 2. The lowest BCUT2D eigenvalue weighted by Crippen LogP contribution is -2.11. The second-order valence-electron chi connectivity index (χ2n) is 4.31. The van der Waals surface area contributed by atoms with Crippen LogP contribution in [0.4, 0.5) is 0 Å². The lowest BCUT2D eigenvalue weighted by atomic mass is 10.00. The number of ether oxygens (including phenoxy) is 1. The highest BCUT2D eigenvalue weighted by molar-refractivity contribution is 6.00. The first-order chi connectivity index (χ1) is 9.61. The molecule has 0 aliphatic heterocycles. The first kappa shape index (κ1) is 13.7. The van der Waals surface area contributed by atoms with Gasteiger partial charge in [0.05, 0.1) is 5.56 Å². The van der Waals surface area contributed by atoms with Crippen LogP contribution in [-0.4, -0.2) is 11.9 Å². The molecule has 2 aromatic carbocycles. The molecule has 0 radical (unpaired) electrons. The van der Waals surface area contributed by atoms with Crippen molar-refractivity contribution in [1.82, 2.24) is 0 Å². The third-order valence-corrected chi connectivity index (χ3v) is 2.91. The minimum atomic E-state index is -0.749. The molecule has 0 amide bonds. The quantitative estimate of drug-likeness (QED) is 0.485. The number of hydrogen-bond acceptors (Lipinski definition) is 3. The summed E-state index contributed by atoms with van der Waals surface area (Å²) in [4.78, 5) is 22.8. The van der Waals surface area contributed by atoms with Gasteiger partial charge in [-0.05, 0) is 29.7 Å². The highest BCUT2D eigenvalue weighted by atomic mass is 16.6. The summed E-state index contributed by atoms with van der Waals surface area (Å²) >= 11 is 0. The number of hydrogen-bond donors (Lipinski definition) is 0. The van der Waals surface area contributed by atoms with Crippen LogP contribution in [0, 0.1) is 6.92 Å². The van der Waals surface area contributed by atoms with Crippen LogP contribution in [0.1, 0.15) is 15.9 Å². The van der Waals surface area contributed by atoms with Crippen LogP contribution in [0.3, 0.4) is 0 Å². The highest BCUT2D eigenvalue weighted by Gasteiger charge is 2.13. The minimum absolute atomic E-state index is 0.375. The molecule has 0 spiro atoms. The molecule has 0 aliphatic carbocycles. The molecule has 0 saturated carbocycles. The van der Waals surface area contributed by atoms with Crippen molar-refractivity contribution < 1.29 is 14.3 Å². The molecule has 0 atom stereocenters. The van der Waals surface area contributed by atoms with Crippen LogP contribution in [0.2, 0.25) is 0 Å². The van der Waals surface area contributed by atoms with Crippen molar-refractivity contribution in [3.05, 3.63) is 72.3 Å². The van der Waals surface area contributed by atoms with Gasteiger partial charge in [0.25, 0.3) is 0 Å². The smallest absolute Gasteiger partial charge is 0.346 e. The Hall–Kier alpha value is -2.68. The van der Waals surface area contributed by atoms with Gasteiger partial charge in [-0.25, -0.2) is 9.59 Å². The summed E-state index contributed by atoms with van der Waals surface area (Å²) in [5.41, 5.74) is 3.21. The first-order valence-electron chi connectivity index (χ1n) is 6.16. The van der Waals surface area contributed by atoms with E-state index in [1.165, 1.54) is 0 Å². The van der Waals surface area contributed by atoms with Crippen molar-refractivity contribution in [2.24, 2.45) is 0 Å². The SMILES string of the molecule is C=CC(=O)OC(=O)c1ccc(-c2ccccc2)cc1C. The van der Waals surface area contributed by atoms with Gasteiger partial charge in [-0.2, -0.15) is 0 Å². The predicted octanol–water partition coefficient (Wildman–Crippen LogP) is 3.53. The maximum atomic E-state index is 11.8. The molecule has 2 rings (SSSR count). The van der Waals surface area contributed by atoms with Gasteiger partial charge in [0, 0.05) is 6.08 Å². The Balaban J connectivity index is 2.29. The molecular formula is C17H14O3. The van der Waals surface area contributed by atoms with Gasteiger partial charge in [-0.15, -0.1) is 0 Å². The van der Waals surface area contributed by atoms with E-state index in [4.69, 9.17) is 0 Å². The fraction of sp³-hybridized carbons (Fsp3) is 0.0588. The van der Waals surface area contributed by atoms with E-state index in [-0.39, 0.29) is 0 Å². The third kappa shape index (κ3) is 3.01. The molecular weight excluding hydrogens is 252 g/mol. The van der Waals surface area contributed by atoms with Gasteiger partial charge in [-0.1, -0.05) is 49.0 Å². The zero-order valence-electron chi connectivity index (χ0n) is 11.1. The van der Waals surface area contributed by atoms with Crippen molar-refractivity contribution in [3.8, 4) is 11.1 Å². The molecule has 20 heavy (non-hydrogen) atoms. The second kappa shape index (κ2) is 5.97. The number of carbonyl (C=O) groups is 2. The topological polar surface area (TPSA) is 43.4 Å². The number of rotatable bonds is 3. The maximum absolute atomic E-state index is 11.8. The van der Waals surface area contributed by atoms with E-state index >= 15 is 0 Å². The fourth-order valence-corrected chi connectivity index (χ4v) is 1.89. The van der Waals surface area contributed by atoms with Crippen molar-refractivity contribution in [1.29, 1.82) is 0 Å². The molecule has 0 saturated heterocycles. The van der Waals surface area contributed by atoms with Gasteiger partial charge in [0.15, 0.2) is 0 Å². The molecule has 2 aromatic rings. The van der Waals surface area contributed by atoms with Crippen molar-refractivity contribution in [3.63, 3.8) is 0 Å². The maximum Gasteiger partial charge on any atom is 0.346 e. The normalized spacial score (nSPS) is 9.85. The van der Waals surface area contributed by atoms with Gasteiger partial charge >= 0.3 is 11.9 Å². The Morgan fingerprint density at radius 3 is 2.35 bits per heavy atom. The average molecular weight is 266 g/mol. The van der Waals surface area contributed by atoms with E-state index in [1.807, 2.05) is 42.5 Å². The van der Waals surface area contributed by atoms with E-state index in [0.29, 0.717) is 5.56 Å². The molecule has 0 unspecified atom stereocenters. The summed E-state index contributed by atoms with van der Waals surface area (Å²) in [5.74, 6) is -1.41. The third-order valence-electron chi connectivity index (χ3n) is 2.91. The Labute approximate surface area is 117 Å². The minimum Gasteiger partial charge on any atom is -0.386 e. The van der Waals surface area contributed by atoms with E-state index in [0.717, 1.165) is 22.8 Å². The van der Waals surface area contributed by atoms with Crippen LogP contribution in [-0.2, 0) is 9.53 Å². The van der Waals surface area contributed by atoms with Crippen molar-refractivity contribution in [2.75, 3.05) is 0 Å². The largest absolute Gasteiger partial charge is 0.386 e. The van der Waals surface area contributed by atoms with Gasteiger partial charge in [0.1, 0.15) is 0 Å². The Morgan fingerprint density at radius 1 is 1.05 bits per heavy atom. The van der Waals surface area contributed by atoms with Crippen LogP contribution >= 0.6 is 0 Å². The van der Waals surface area contributed by atoms with Crippen LogP contribution in [0.25, 0.3) is 11.1 Å². The lowest BCUT2D eigenvalue weighted by molar-refractivity contribution is -0.132. The summed E-state index contributed by atoms with van der Waals surface area (Å²) in [7, 11) is 0. The van der Waals surface area contributed by atoms with Crippen molar-refractivity contribution >= 4 is 11.9 Å². The molecule has 100 valence electrons. The van der Waals surface area contributed by atoms with E-state index in [1.54, 1.807) is 13.0 Å². The fourth-order valence-electron chi connectivity index (χ4n) is 1.89. The summed E-state index contributed by atoms with van der Waals surface area (Å²) in [6.07, 6.45) is 0.964. The van der Waals surface area contributed by atoms with Crippen molar-refractivity contribution in [2.45, 2.75) is 6.92 Å². The monoisotopic (exact) mass is 266 g/mol. The average Bonchev–Trinajstić information content (AvgIpc) is 2.47. The first-order valence-corrected chi connectivity index (χ1v) is 6.16. The lowest BCUT2D eigenvalue weighted by Gasteiger charge is -2.07.